The highest BCUT2D eigenvalue weighted by Gasteiger charge is 2.14. The third kappa shape index (κ3) is 6.45. The number of likely N-dealkylation sites (N-methyl/N-ethyl adjacent to an activating group) is 1. The lowest BCUT2D eigenvalue weighted by atomic mass is 10.1. The monoisotopic (exact) mass is 306 g/mol. The van der Waals surface area contributed by atoms with Crippen molar-refractivity contribution in [1.82, 2.24) is 20.0 Å². The van der Waals surface area contributed by atoms with Gasteiger partial charge < -0.3 is 20.0 Å². The molecule has 0 heterocycles. The number of hydrogen-bond donors (Lipinski definition) is 1. The molecule has 0 fully saturated rings. The van der Waals surface area contributed by atoms with E-state index in [0.717, 1.165) is 13.1 Å². The first kappa shape index (κ1) is 18.5. The Labute approximate surface area is 134 Å². The molecule has 2 amide bonds. The molecule has 22 heavy (non-hydrogen) atoms. The Bertz CT molecular complexity index is 473. The van der Waals surface area contributed by atoms with E-state index in [1.165, 1.54) is 11.1 Å². The van der Waals surface area contributed by atoms with Crippen molar-refractivity contribution in [3.63, 3.8) is 0 Å². The van der Waals surface area contributed by atoms with Crippen LogP contribution >= 0.6 is 0 Å². The van der Waals surface area contributed by atoms with E-state index in [-0.39, 0.29) is 12.1 Å². The molecular weight excluding hydrogens is 276 g/mol. The summed E-state index contributed by atoms with van der Waals surface area (Å²) in [5.41, 5.74) is 2.45. The molecule has 0 bridgehead atoms. The molecule has 0 aliphatic carbocycles. The van der Waals surface area contributed by atoms with Gasteiger partial charge in [0, 0.05) is 32.7 Å². The summed E-state index contributed by atoms with van der Waals surface area (Å²) in [6.07, 6.45) is 0. The van der Waals surface area contributed by atoms with Gasteiger partial charge in [0.25, 0.3) is 0 Å². The van der Waals surface area contributed by atoms with Gasteiger partial charge in [-0.25, -0.2) is 4.79 Å². The Kier molecular flexibility index (Phi) is 7.35. The zero-order chi connectivity index (χ0) is 16.7. The first-order valence-corrected chi connectivity index (χ1v) is 7.67. The number of urea groups is 1. The Balaban J connectivity index is 2.64. The van der Waals surface area contributed by atoms with Crippen molar-refractivity contribution in [3.05, 3.63) is 35.4 Å². The minimum absolute atomic E-state index is 0.0333. The van der Waals surface area contributed by atoms with Gasteiger partial charge in [-0.1, -0.05) is 24.3 Å². The minimum Gasteiger partial charge on any atom is -0.334 e. The molecule has 1 N–H and O–H groups in total. The number of amides is 2. The van der Waals surface area contributed by atoms with Gasteiger partial charge in [0.15, 0.2) is 0 Å². The lowest BCUT2D eigenvalue weighted by molar-refractivity contribution is 0.200. The van der Waals surface area contributed by atoms with Crippen LogP contribution in [0.1, 0.15) is 18.1 Å². The Morgan fingerprint density at radius 2 is 1.55 bits per heavy atom. The van der Waals surface area contributed by atoms with Crippen LogP contribution in [-0.4, -0.2) is 68.6 Å². The SMILES string of the molecule is C[C@@H](CN(C)C)NC(=O)N(C)Cc1ccccc1CN(C)C. The van der Waals surface area contributed by atoms with Crippen LogP contribution in [0, 0.1) is 0 Å². The lowest BCUT2D eigenvalue weighted by Crippen LogP contribution is -2.45. The van der Waals surface area contributed by atoms with E-state index >= 15 is 0 Å². The standard InChI is InChI=1S/C17H30N4O/c1-14(11-19(2)3)18-17(22)21(6)13-16-10-8-7-9-15(16)12-20(4)5/h7-10,14H,11-13H2,1-6H3,(H,18,22)/t14-/m0/s1. The van der Waals surface area contributed by atoms with Crippen molar-refractivity contribution in [2.45, 2.75) is 26.1 Å². The number of rotatable bonds is 7. The zero-order valence-electron chi connectivity index (χ0n) is 14.8. The summed E-state index contributed by atoms with van der Waals surface area (Å²) >= 11 is 0. The van der Waals surface area contributed by atoms with E-state index in [1.807, 2.05) is 40.2 Å². The van der Waals surface area contributed by atoms with Crippen LogP contribution in [0.5, 0.6) is 0 Å². The summed E-state index contributed by atoms with van der Waals surface area (Å²) in [5.74, 6) is 0. The van der Waals surface area contributed by atoms with Gasteiger partial charge in [-0.05, 0) is 46.2 Å². The molecule has 0 spiro atoms. The van der Waals surface area contributed by atoms with E-state index in [4.69, 9.17) is 0 Å². The van der Waals surface area contributed by atoms with Crippen molar-refractivity contribution in [2.75, 3.05) is 41.8 Å². The molecule has 0 aliphatic heterocycles. The highest BCUT2D eigenvalue weighted by atomic mass is 16.2. The summed E-state index contributed by atoms with van der Waals surface area (Å²) in [7, 11) is 9.95. The predicted molar refractivity (Wildman–Crippen MR) is 91.8 cm³/mol. The van der Waals surface area contributed by atoms with Gasteiger partial charge in [0.1, 0.15) is 0 Å². The van der Waals surface area contributed by atoms with Gasteiger partial charge >= 0.3 is 6.03 Å². The molecule has 0 aromatic heterocycles. The number of hydrogen-bond acceptors (Lipinski definition) is 3. The fourth-order valence-corrected chi connectivity index (χ4v) is 2.45. The van der Waals surface area contributed by atoms with Crippen molar-refractivity contribution in [3.8, 4) is 0 Å². The third-order valence-corrected chi connectivity index (χ3v) is 3.37. The van der Waals surface area contributed by atoms with Crippen LogP contribution in [0.25, 0.3) is 0 Å². The van der Waals surface area contributed by atoms with Crippen molar-refractivity contribution in [1.29, 1.82) is 0 Å². The molecule has 1 aromatic rings. The average Bonchev–Trinajstić information content (AvgIpc) is 2.39. The molecule has 0 radical (unpaired) electrons. The summed E-state index contributed by atoms with van der Waals surface area (Å²) in [6.45, 7) is 4.34. The summed E-state index contributed by atoms with van der Waals surface area (Å²) in [4.78, 5) is 18.2. The maximum absolute atomic E-state index is 12.3. The van der Waals surface area contributed by atoms with Crippen molar-refractivity contribution in [2.24, 2.45) is 0 Å². The average molecular weight is 306 g/mol. The first-order chi connectivity index (χ1) is 10.3. The minimum atomic E-state index is -0.0333. The fourth-order valence-electron chi connectivity index (χ4n) is 2.45. The van der Waals surface area contributed by atoms with Crippen molar-refractivity contribution >= 4 is 6.03 Å². The number of nitrogens with one attached hydrogen (secondary N) is 1. The van der Waals surface area contributed by atoms with E-state index in [2.05, 4.69) is 41.3 Å². The molecule has 0 aliphatic rings. The van der Waals surface area contributed by atoms with Gasteiger partial charge in [-0.15, -0.1) is 0 Å². The van der Waals surface area contributed by atoms with Gasteiger partial charge in [0.2, 0.25) is 0 Å². The highest BCUT2D eigenvalue weighted by molar-refractivity contribution is 5.74. The quantitative estimate of drug-likeness (QED) is 0.835. The molecule has 0 saturated carbocycles. The predicted octanol–water partition coefficient (Wildman–Crippen LogP) is 1.84. The summed E-state index contributed by atoms with van der Waals surface area (Å²) < 4.78 is 0. The number of carbonyl (C=O) groups is 1. The third-order valence-electron chi connectivity index (χ3n) is 3.37. The smallest absolute Gasteiger partial charge is 0.317 e. The molecule has 1 aromatic carbocycles. The number of benzene rings is 1. The second-order valence-electron chi connectivity index (χ2n) is 6.48. The van der Waals surface area contributed by atoms with Crippen LogP contribution in [0.3, 0.4) is 0 Å². The molecule has 0 unspecified atom stereocenters. The zero-order valence-corrected chi connectivity index (χ0v) is 14.8. The van der Waals surface area contributed by atoms with E-state index in [9.17, 15) is 4.79 Å². The van der Waals surface area contributed by atoms with E-state index in [0.29, 0.717) is 6.54 Å². The van der Waals surface area contributed by atoms with Gasteiger partial charge in [-0.3, -0.25) is 0 Å². The topological polar surface area (TPSA) is 38.8 Å². The Hall–Kier alpha value is -1.59. The van der Waals surface area contributed by atoms with Gasteiger partial charge in [0.05, 0.1) is 0 Å². The maximum Gasteiger partial charge on any atom is 0.317 e. The van der Waals surface area contributed by atoms with Crippen LogP contribution in [-0.2, 0) is 13.1 Å². The summed E-state index contributed by atoms with van der Waals surface area (Å²) in [6, 6.07) is 8.37. The molecule has 5 nitrogen and oxygen atoms in total. The number of carbonyl (C=O) groups excluding carboxylic acids is 1. The van der Waals surface area contributed by atoms with E-state index in [1.54, 1.807) is 4.90 Å². The van der Waals surface area contributed by atoms with E-state index < -0.39 is 0 Å². The molecule has 1 rings (SSSR count). The lowest BCUT2D eigenvalue weighted by Gasteiger charge is -2.24. The second kappa shape index (κ2) is 8.76. The molecule has 1 atom stereocenters. The largest absolute Gasteiger partial charge is 0.334 e. The first-order valence-electron chi connectivity index (χ1n) is 7.67. The maximum atomic E-state index is 12.3. The molecular formula is C17H30N4O. The normalized spacial score (nSPS) is 12.5. The number of nitrogens with zero attached hydrogens (tertiary/aromatic N) is 3. The fraction of sp³-hybridized carbons (Fsp3) is 0.588. The van der Waals surface area contributed by atoms with Gasteiger partial charge in [-0.2, -0.15) is 0 Å². The Morgan fingerprint density at radius 3 is 2.05 bits per heavy atom. The second-order valence-corrected chi connectivity index (χ2v) is 6.48. The summed E-state index contributed by atoms with van der Waals surface area (Å²) in [5, 5.41) is 3.03. The molecule has 0 saturated heterocycles. The van der Waals surface area contributed by atoms with Crippen LogP contribution < -0.4 is 5.32 Å². The van der Waals surface area contributed by atoms with Crippen LogP contribution in [0.15, 0.2) is 24.3 Å². The van der Waals surface area contributed by atoms with Crippen LogP contribution in [0.2, 0.25) is 0 Å². The highest BCUT2D eigenvalue weighted by Crippen LogP contribution is 2.12. The van der Waals surface area contributed by atoms with Crippen molar-refractivity contribution < 1.29 is 4.79 Å². The van der Waals surface area contributed by atoms with Crippen LogP contribution in [0.4, 0.5) is 4.79 Å². The molecule has 5 heteroatoms. The molecule has 124 valence electrons. The Morgan fingerprint density at radius 1 is 1.00 bits per heavy atom.